The fourth-order valence-electron chi connectivity index (χ4n) is 5.99. The predicted molar refractivity (Wildman–Crippen MR) is 186 cm³/mol. The summed E-state index contributed by atoms with van der Waals surface area (Å²) >= 11 is 0. The molecule has 0 aromatic rings. The lowest BCUT2D eigenvalue weighted by Gasteiger charge is -2.41. The van der Waals surface area contributed by atoms with E-state index < -0.39 is 0 Å². The third kappa shape index (κ3) is 17.6. The highest BCUT2D eigenvalue weighted by Gasteiger charge is 2.25. The van der Waals surface area contributed by atoms with Crippen LogP contribution in [0.5, 0.6) is 0 Å². The highest BCUT2D eigenvalue weighted by molar-refractivity contribution is 4.82. The van der Waals surface area contributed by atoms with Crippen LogP contribution in [-0.2, 0) is 0 Å². The molecule has 0 aromatic carbocycles. The molecule has 4 fully saturated rings. The van der Waals surface area contributed by atoms with Gasteiger partial charge in [-0.1, -0.05) is 20.3 Å². The smallest absolute Gasteiger partial charge is 0.0126 e. The first-order valence-electron chi connectivity index (χ1n) is 17.0. The van der Waals surface area contributed by atoms with Gasteiger partial charge in [0.15, 0.2) is 0 Å². The minimum absolute atomic E-state index is 0. The van der Waals surface area contributed by atoms with Crippen molar-refractivity contribution < 1.29 is 0 Å². The normalized spacial score (nSPS) is 22.8. The first-order valence-corrected chi connectivity index (χ1v) is 17.0. The summed E-state index contributed by atoms with van der Waals surface area (Å²) in [5.74, 6) is 0. The number of piperidine rings is 2. The minimum Gasteiger partial charge on any atom is -0.304 e. The average Bonchev–Trinajstić information content (AvgIpc) is 3.41. The summed E-state index contributed by atoms with van der Waals surface area (Å²) in [7, 11) is 2.19. The van der Waals surface area contributed by atoms with Crippen LogP contribution in [0.15, 0.2) is 0 Å². The van der Waals surface area contributed by atoms with E-state index in [1.165, 1.54) is 117 Å². The summed E-state index contributed by atoms with van der Waals surface area (Å²) < 4.78 is 0. The molecule has 0 atom stereocenters. The highest BCUT2D eigenvalue weighted by Crippen LogP contribution is 2.21. The van der Waals surface area contributed by atoms with Gasteiger partial charge in [-0.15, -0.1) is 0 Å². The summed E-state index contributed by atoms with van der Waals surface area (Å²) in [5.41, 5.74) is 1.58. The van der Waals surface area contributed by atoms with Crippen molar-refractivity contribution in [2.45, 2.75) is 164 Å². The molecule has 0 amide bonds. The van der Waals surface area contributed by atoms with Gasteiger partial charge < -0.3 is 4.90 Å². The number of likely N-dealkylation sites (tertiary alicyclic amines) is 3. The first-order chi connectivity index (χ1) is 18.3. The molecule has 5 heteroatoms. The molecule has 248 valence electrons. The highest BCUT2D eigenvalue weighted by atomic mass is 15.3. The SMILES string of the molecule is C.CC(C)(C)N1CCCC1.CC(C)(C)N1CCCCC1.CC(C)(C)N1CCCCC1.CN1CCN(C(C)(C)C)CC1. The molecule has 5 nitrogen and oxygen atoms in total. The van der Waals surface area contributed by atoms with Gasteiger partial charge in [0.05, 0.1) is 0 Å². The van der Waals surface area contributed by atoms with E-state index in [1.54, 1.807) is 0 Å². The zero-order chi connectivity index (χ0) is 30.6. The maximum atomic E-state index is 2.58. The maximum Gasteiger partial charge on any atom is 0.0126 e. The summed E-state index contributed by atoms with van der Waals surface area (Å²) in [6.45, 7) is 40.3. The molecule has 0 unspecified atom stereocenters. The number of rotatable bonds is 0. The van der Waals surface area contributed by atoms with E-state index in [1.807, 2.05) is 0 Å². The van der Waals surface area contributed by atoms with Crippen molar-refractivity contribution in [1.29, 1.82) is 0 Å². The maximum absolute atomic E-state index is 2.58. The number of nitrogens with zero attached hydrogens (tertiary/aromatic N) is 5. The molecule has 4 saturated heterocycles. The minimum atomic E-state index is 0. The molecular formula is C36H79N5. The van der Waals surface area contributed by atoms with Crippen LogP contribution < -0.4 is 0 Å². The standard InChI is InChI=1S/C9H20N2.2C9H19N.C8H17N.CH4/c1-9(2,3)11-7-5-10(4)6-8-11;2*1-9(2,3)10-7-5-4-6-8-10;1-8(2,3)9-6-4-5-7-9;/h5-8H2,1-4H3;2*4-8H2,1-3H3;4-7H2,1-3H3;1H4. The molecule has 4 aliphatic rings. The zero-order valence-electron chi connectivity index (χ0n) is 30.0. The third-order valence-electron chi connectivity index (χ3n) is 9.12. The van der Waals surface area contributed by atoms with Crippen LogP contribution >= 0.6 is 0 Å². The summed E-state index contributed by atoms with van der Waals surface area (Å²) in [6.07, 6.45) is 11.3. The molecule has 4 heterocycles. The lowest BCUT2D eigenvalue weighted by atomic mass is 10.0. The van der Waals surface area contributed by atoms with Crippen LogP contribution in [0.3, 0.4) is 0 Å². The Morgan fingerprint density at radius 2 is 0.488 bits per heavy atom. The van der Waals surface area contributed by atoms with Gasteiger partial charge in [0.25, 0.3) is 0 Å². The van der Waals surface area contributed by atoms with Crippen molar-refractivity contribution in [3.8, 4) is 0 Å². The lowest BCUT2D eigenvalue weighted by molar-refractivity contribution is 0.0735. The Morgan fingerprint density at radius 1 is 0.293 bits per heavy atom. The Morgan fingerprint density at radius 3 is 0.683 bits per heavy atom. The molecule has 0 saturated carbocycles. The fraction of sp³-hybridized carbons (Fsp3) is 1.00. The largest absolute Gasteiger partial charge is 0.304 e. The molecule has 4 rings (SSSR count). The Bertz CT molecular complexity index is 595. The van der Waals surface area contributed by atoms with Gasteiger partial charge >= 0.3 is 0 Å². The van der Waals surface area contributed by atoms with Crippen LogP contribution in [-0.4, -0.2) is 119 Å². The molecular weight excluding hydrogens is 502 g/mol. The number of hydrogen-bond donors (Lipinski definition) is 0. The van der Waals surface area contributed by atoms with Crippen molar-refractivity contribution in [1.82, 2.24) is 24.5 Å². The zero-order valence-corrected chi connectivity index (χ0v) is 30.0. The van der Waals surface area contributed by atoms with Crippen LogP contribution in [0.25, 0.3) is 0 Å². The second-order valence-corrected chi connectivity index (χ2v) is 16.8. The van der Waals surface area contributed by atoms with Crippen molar-refractivity contribution in [3.63, 3.8) is 0 Å². The number of likely N-dealkylation sites (N-methyl/N-ethyl adjacent to an activating group) is 1. The quantitative estimate of drug-likeness (QED) is 0.286. The monoisotopic (exact) mass is 582 g/mol. The number of hydrogen-bond acceptors (Lipinski definition) is 5. The van der Waals surface area contributed by atoms with Gasteiger partial charge in [-0.3, -0.25) is 19.6 Å². The summed E-state index contributed by atoms with van der Waals surface area (Å²) in [5, 5.41) is 0. The predicted octanol–water partition coefficient (Wildman–Crippen LogP) is 8.09. The molecule has 41 heavy (non-hydrogen) atoms. The molecule has 0 radical (unpaired) electrons. The van der Waals surface area contributed by atoms with Crippen LogP contribution in [0.2, 0.25) is 0 Å². The van der Waals surface area contributed by atoms with E-state index in [9.17, 15) is 0 Å². The van der Waals surface area contributed by atoms with Crippen molar-refractivity contribution in [2.75, 3.05) is 72.5 Å². The van der Waals surface area contributed by atoms with E-state index in [-0.39, 0.29) is 7.43 Å². The van der Waals surface area contributed by atoms with Gasteiger partial charge in [0.1, 0.15) is 0 Å². The Hall–Kier alpha value is -0.200. The van der Waals surface area contributed by atoms with E-state index in [0.29, 0.717) is 22.2 Å². The Balaban J connectivity index is 0.000000517. The van der Waals surface area contributed by atoms with Gasteiger partial charge in [-0.2, -0.15) is 0 Å². The van der Waals surface area contributed by atoms with Crippen molar-refractivity contribution in [3.05, 3.63) is 0 Å². The third-order valence-corrected chi connectivity index (χ3v) is 9.12. The fourth-order valence-corrected chi connectivity index (χ4v) is 5.99. The summed E-state index contributed by atoms with van der Waals surface area (Å²) in [6, 6.07) is 0. The van der Waals surface area contributed by atoms with Crippen LogP contribution in [0.1, 0.15) is 142 Å². The molecule has 0 spiro atoms. The van der Waals surface area contributed by atoms with Crippen molar-refractivity contribution >= 4 is 0 Å². The van der Waals surface area contributed by atoms with E-state index in [4.69, 9.17) is 0 Å². The van der Waals surface area contributed by atoms with E-state index in [0.717, 1.165) is 0 Å². The lowest BCUT2D eigenvalue weighted by Crippen LogP contribution is -2.52. The molecule has 4 aliphatic heterocycles. The van der Waals surface area contributed by atoms with E-state index >= 15 is 0 Å². The second kappa shape index (κ2) is 18.6. The Labute approximate surface area is 260 Å². The van der Waals surface area contributed by atoms with Crippen LogP contribution in [0, 0.1) is 0 Å². The second-order valence-electron chi connectivity index (χ2n) is 16.8. The van der Waals surface area contributed by atoms with Gasteiger partial charge in [-0.25, -0.2) is 0 Å². The topological polar surface area (TPSA) is 16.2 Å². The first kappa shape index (κ1) is 40.8. The molecule has 0 aromatic heterocycles. The van der Waals surface area contributed by atoms with Crippen LogP contribution in [0.4, 0.5) is 0 Å². The molecule has 0 bridgehead atoms. The van der Waals surface area contributed by atoms with Gasteiger partial charge in [-0.05, 0) is 168 Å². The van der Waals surface area contributed by atoms with Gasteiger partial charge in [0, 0.05) is 48.3 Å². The van der Waals surface area contributed by atoms with E-state index in [2.05, 4.69) is 115 Å². The summed E-state index contributed by atoms with van der Waals surface area (Å²) in [4.78, 5) is 12.6. The van der Waals surface area contributed by atoms with Crippen molar-refractivity contribution in [2.24, 2.45) is 0 Å². The Kier molecular flexibility index (Phi) is 18.5. The number of piperazine rings is 1. The van der Waals surface area contributed by atoms with Gasteiger partial charge in [0.2, 0.25) is 0 Å². The molecule has 0 N–H and O–H groups in total. The average molecular weight is 582 g/mol. The molecule has 0 aliphatic carbocycles.